The number of rotatable bonds is 3. The Hall–Kier alpha value is -2.60. The summed E-state index contributed by atoms with van der Waals surface area (Å²) in [6, 6.07) is 11.1. The van der Waals surface area contributed by atoms with Gasteiger partial charge in [-0.05, 0) is 54.9 Å². The van der Waals surface area contributed by atoms with Gasteiger partial charge in [0.25, 0.3) is 5.91 Å². The fourth-order valence-corrected chi connectivity index (χ4v) is 2.75. The fourth-order valence-electron chi connectivity index (χ4n) is 2.56. The van der Waals surface area contributed by atoms with Gasteiger partial charge in [-0.2, -0.15) is 0 Å². The first kappa shape index (κ1) is 16.3. The molecule has 0 saturated heterocycles. The van der Waals surface area contributed by atoms with Gasteiger partial charge in [0.2, 0.25) is 6.79 Å². The molecule has 1 amide bonds. The lowest BCUT2D eigenvalue weighted by atomic mass is 10.1. The maximum absolute atomic E-state index is 12.3. The van der Waals surface area contributed by atoms with Gasteiger partial charge in [-0.1, -0.05) is 25.1 Å². The van der Waals surface area contributed by atoms with E-state index in [9.17, 15) is 4.79 Å². The Morgan fingerprint density at radius 1 is 1.21 bits per heavy atom. The predicted molar refractivity (Wildman–Crippen MR) is 96.8 cm³/mol. The van der Waals surface area contributed by atoms with Crippen LogP contribution in [0, 0.1) is 6.92 Å². The maximum Gasteiger partial charge on any atom is 0.257 e. The van der Waals surface area contributed by atoms with Crippen molar-refractivity contribution in [3.05, 3.63) is 53.1 Å². The highest BCUT2D eigenvalue weighted by Crippen LogP contribution is 2.32. The number of aryl methyl sites for hydroxylation is 2. The van der Waals surface area contributed by atoms with Crippen LogP contribution in [0.15, 0.2) is 36.4 Å². The number of amides is 1. The first-order chi connectivity index (χ1) is 11.6. The SMILES string of the molecule is CCc1cccc(C)c1NC(=S)NC(=O)c1ccc2c(c1)OCO2. The van der Waals surface area contributed by atoms with E-state index in [1.807, 2.05) is 25.1 Å². The highest BCUT2D eigenvalue weighted by Gasteiger charge is 2.17. The van der Waals surface area contributed by atoms with E-state index in [0.717, 1.165) is 23.2 Å². The van der Waals surface area contributed by atoms with Crippen LogP contribution < -0.4 is 20.1 Å². The standard InChI is InChI=1S/C18H18N2O3S/c1-3-12-6-4-5-11(2)16(12)19-18(24)20-17(21)13-7-8-14-15(9-13)23-10-22-14/h4-9H,3,10H2,1-2H3,(H2,19,20,21,24). The zero-order chi connectivity index (χ0) is 17.1. The summed E-state index contributed by atoms with van der Waals surface area (Å²) in [5.41, 5.74) is 3.63. The molecule has 0 aliphatic carbocycles. The highest BCUT2D eigenvalue weighted by atomic mass is 32.1. The smallest absolute Gasteiger partial charge is 0.257 e. The molecular formula is C18H18N2O3S. The number of hydrogen-bond acceptors (Lipinski definition) is 4. The Bertz CT molecular complexity index is 805. The van der Waals surface area contributed by atoms with Crippen molar-refractivity contribution in [2.24, 2.45) is 0 Å². The quantitative estimate of drug-likeness (QED) is 0.837. The van der Waals surface area contributed by atoms with Crippen LogP contribution >= 0.6 is 12.2 Å². The number of para-hydroxylation sites is 1. The molecule has 2 aromatic carbocycles. The van der Waals surface area contributed by atoms with Crippen LogP contribution in [0.4, 0.5) is 5.69 Å². The minimum atomic E-state index is -0.294. The number of fused-ring (bicyclic) bond motifs is 1. The minimum absolute atomic E-state index is 0.174. The summed E-state index contributed by atoms with van der Waals surface area (Å²) in [5, 5.41) is 6.09. The molecular weight excluding hydrogens is 324 g/mol. The number of carbonyl (C=O) groups excluding carboxylic acids is 1. The third kappa shape index (κ3) is 3.33. The summed E-state index contributed by atoms with van der Waals surface area (Å²) < 4.78 is 10.5. The summed E-state index contributed by atoms with van der Waals surface area (Å²) in [6.45, 7) is 4.26. The molecule has 2 N–H and O–H groups in total. The second kappa shape index (κ2) is 6.88. The monoisotopic (exact) mass is 342 g/mol. The van der Waals surface area contributed by atoms with Gasteiger partial charge < -0.3 is 14.8 Å². The third-order valence-corrected chi connectivity index (χ3v) is 4.04. The molecule has 0 saturated carbocycles. The van der Waals surface area contributed by atoms with Gasteiger partial charge in [0.15, 0.2) is 16.6 Å². The minimum Gasteiger partial charge on any atom is -0.454 e. The van der Waals surface area contributed by atoms with E-state index in [2.05, 4.69) is 17.6 Å². The molecule has 124 valence electrons. The highest BCUT2D eigenvalue weighted by molar-refractivity contribution is 7.80. The van der Waals surface area contributed by atoms with E-state index in [-0.39, 0.29) is 17.8 Å². The number of carbonyl (C=O) groups is 1. The molecule has 6 heteroatoms. The Balaban J connectivity index is 1.70. The lowest BCUT2D eigenvalue weighted by Gasteiger charge is -2.15. The van der Waals surface area contributed by atoms with Crippen molar-refractivity contribution in [1.29, 1.82) is 0 Å². The van der Waals surface area contributed by atoms with Crippen molar-refractivity contribution >= 4 is 28.9 Å². The first-order valence-corrected chi connectivity index (χ1v) is 8.09. The average molecular weight is 342 g/mol. The lowest BCUT2D eigenvalue weighted by molar-refractivity contribution is 0.0977. The van der Waals surface area contributed by atoms with Crippen LogP contribution in [0.2, 0.25) is 0 Å². The van der Waals surface area contributed by atoms with E-state index >= 15 is 0 Å². The van der Waals surface area contributed by atoms with Crippen LogP contribution in [-0.2, 0) is 6.42 Å². The van der Waals surface area contributed by atoms with Gasteiger partial charge in [-0.25, -0.2) is 0 Å². The molecule has 0 aromatic heterocycles. The topological polar surface area (TPSA) is 59.6 Å². The van der Waals surface area contributed by atoms with Crippen LogP contribution in [0.5, 0.6) is 11.5 Å². The van der Waals surface area contributed by atoms with E-state index in [1.165, 1.54) is 0 Å². The first-order valence-electron chi connectivity index (χ1n) is 7.69. The summed E-state index contributed by atoms with van der Waals surface area (Å²) in [5.74, 6) is 0.908. The van der Waals surface area contributed by atoms with E-state index in [4.69, 9.17) is 21.7 Å². The number of nitrogens with one attached hydrogen (secondary N) is 2. The summed E-state index contributed by atoms with van der Waals surface area (Å²) in [7, 11) is 0. The van der Waals surface area contributed by atoms with E-state index in [0.29, 0.717) is 17.1 Å². The second-order valence-corrected chi connectivity index (χ2v) is 5.85. The number of thiocarbonyl (C=S) groups is 1. The average Bonchev–Trinajstić information content (AvgIpc) is 3.04. The van der Waals surface area contributed by atoms with Gasteiger partial charge >= 0.3 is 0 Å². The van der Waals surface area contributed by atoms with Crippen molar-refractivity contribution in [2.75, 3.05) is 12.1 Å². The normalized spacial score (nSPS) is 11.9. The van der Waals surface area contributed by atoms with E-state index in [1.54, 1.807) is 18.2 Å². The molecule has 0 fully saturated rings. The van der Waals surface area contributed by atoms with Gasteiger partial charge in [0, 0.05) is 11.3 Å². The molecule has 2 aromatic rings. The number of ether oxygens (including phenoxy) is 2. The zero-order valence-corrected chi connectivity index (χ0v) is 14.3. The predicted octanol–water partition coefficient (Wildman–Crippen LogP) is 3.41. The van der Waals surface area contributed by atoms with Gasteiger partial charge in [-0.15, -0.1) is 0 Å². The molecule has 0 spiro atoms. The zero-order valence-electron chi connectivity index (χ0n) is 13.5. The molecule has 5 nitrogen and oxygen atoms in total. The lowest BCUT2D eigenvalue weighted by Crippen LogP contribution is -2.34. The van der Waals surface area contributed by atoms with Crippen molar-refractivity contribution in [1.82, 2.24) is 5.32 Å². The molecule has 0 radical (unpaired) electrons. The molecule has 0 unspecified atom stereocenters. The van der Waals surface area contributed by atoms with Crippen LogP contribution in [0.1, 0.15) is 28.4 Å². The molecule has 0 bridgehead atoms. The third-order valence-electron chi connectivity index (χ3n) is 3.84. The Morgan fingerprint density at radius 2 is 2.00 bits per heavy atom. The van der Waals surface area contributed by atoms with Crippen LogP contribution in [-0.4, -0.2) is 17.8 Å². The maximum atomic E-state index is 12.3. The Kier molecular flexibility index (Phi) is 4.66. The number of anilines is 1. The van der Waals surface area contributed by atoms with Gasteiger partial charge in [0.05, 0.1) is 0 Å². The van der Waals surface area contributed by atoms with Gasteiger partial charge in [-0.3, -0.25) is 10.1 Å². The molecule has 3 rings (SSSR count). The number of benzene rings is 2. The van der Waals surface area contributed by atoms with Gasteiger partial charge in [0.1, 0.15) is 0 Å². The molecule has 24 heavy (non-hydrogen) atoms. The van der Waals surface area contributed by atoms with Crippen molar-refractivity contribution in [3.63, 3.8) is 0 Å². The van der Waals surface area contributed by atoms with Crippen LogP contribution in [0.25, 0.3) is 0 Å². The van der Waals surface area contributed by atoms with Crippen molar-refractivity contribution in [2.45, 2.75) is 20.3 Å². The Labute approximate surface area is 146 Å². The number of hydrogen-bond donors (Lipinski definition) is 2. The summed E-state index contributed by atoms with van der Waals surface area (Å²) >= 11 is 5.28. The van der Waals surface area contributed by atoms with Crippen molar-refractivity contribution in [3.8, 4) is 11.5 Å². The summed E-state index contributed by atoms with van der Waals surface area (Å²) in [6.07, 6.45) is 0.878. The van der Waals surface area contributed by atoms with Crippen LogP contribution in [0.3, 0.4) is 0 Å². The molecule has 1 aliphatic rings. The van der Waals surface area contributed by atoms with Crippen molar-refractivity contribution < 1.29 is 14.3 Å². The molecule has 1 aliphatic heterocycles. The second-order valence-electron chi connectivity index (χ2n) is 5.44. The Morgan fingerprint density at radius 3 is 2.79 bits per heavy atom. The largest absolute Gasteiger partial charge is 0.454 e. The molecule has 0 atom stereocenters. The molecule has 1 heterocycles. The fraction of sp³-hybridized carbons (Fsp3) is 0.222. The van der Waals surface area contributed by atoms with E-state index < -0.39 is 0 Å². The summed E-state index contributed by atoms with van der Waals surface area (Å²) in [4.78, 5) is 12.3.